The Morgan fingerprint density at radius 2 is 1.83 bits per heavy atom. The molecule has 1 nitrogen and oxygen atoms in total. The molecule has 1 saturated heterocycles. The van der Waals surface area contributed by atoms with E-state index in [1.54, 1.807) is 16.4 Å². The molecule has 0 aromatic carbocycles. The van der Waals surface area contributed by atoms with Crippen LogP contribution in [0.25, 0.3) is 0 Å². The summed E-state index contributed by atoms with van der Waals surface area (Å²) in [6.45, 7) is 9.78. The van der Waals surface area contributed by atoms with Crippen LogP contribution in [0.4, 0.5) is 0 Å². The van der Waals surface area contributed by atoms with E-state index in [4.69, 9.17) is 6.58 Å². The number of nitrogens with zero attached hydrogens (tertiary/aromatic N) is 1. The van der Waals surface area contributed by atoms with Crippen molar-refractivity contribution in [3.63, 3.8) is 0 Å². The predicted octanol–water partition coefficient (Wildman–Crippen LogP) is 7.34. The average molecular weight is 508 g/mol. The first kappa shape index (κ1) is 20.8. The number of halogens is 1. The molecular weight excluding hydrogens is 465 g/mol. The lowest BCUT2D eigenvalue weighted by atomic mass is 9.63. The highest BCUT2D eigenvalue weighted by Crippen LogP contribution is 2.52. The van der Waals surface area contributed by atoms with Gasteiger partial charge in [0.05, 0.1) is 0 Å². The Morgan fingerprint density at radius 1 is 1.03 bits per heavy atom. The van der Waals surface area contributed by atoms with Crippen LogP contribution in [0, 0.1) is 35.0 Å². The van der Waals surface area contributed by atoms with Crippen LogP contribution in [0.3, 0.4) is 0 Å². The van der Waals surface area contributed by atoms with E-state index in [-0.39, 0.29) is 0 Å². The molecule has 3 fully saturated rings. The SMILES string of the molecule is C=C(C1CCC=C2CC[C@@H](C)C21)N1CCC2(CCC(C3CC=ICC3)CC2)CC1. The van der Waals surface area contributed by atoms with Gasteiger partial charge in [-0.3, -0.25) is 0 Å². The van der Waals surface area contributed by atoms with Gasteiger partial charge in [0, 0.05) is 24.7 Å². The van der Waals surface area contributed by atoms with Gasteiger partial charge in [-0.1, -0.05) is 29.2 Å². The van der Waals surface area contributed by atoms with Gasteiger partial charge in [0.15, 0.2) is 0 Å². The molecule has 5 rings (SSSR count). The largest absolute Gasteiger partial charge is 0.375 e. The van der Waals surface area contributed by atoms with Crippen LogP contribution in [0.1, 0.15) is 84.0 Å². The Kier molecular flexibility index (Phi) is 6.29. The number of rotatable bonds is 3. The first-order chi connectivity index (χ1) is 14.2. The molecular formula is C27H42IN. The van der Waals surface area contributed by atoms with Crippen molar-refractivity contribution in [2.75, 3.05) is 17.5 Å². The van der Waals surface area contributed by atoms with E-state index in [2.05, 4.69) is 21.9 Å². The molecule has 0 radical (unpaired) electrons. The maximum absolute atomic E-state index is 4.70. The highest BCUT2D eigenvalue weighted by atomic mass is 127. The number of piperidine rings is 1. The Bertz CT molecular complexity index is 658. The van der Waals surface area contributed by atoms with Crippen molar-refractivity contribution in [1.82, 2.24) is 4.90 Å². The number of hydrogen-bond acceptors (Lipinski definition) is 1. The van der Waals surface area contributed by atoms with Crippen LogP contribution in [0.2, 0.25) is 0 Å². The summed E-state index contributed by atoms with van der Waals surface area (Å²) >= 11 is 0.479. The van der Waals surface area contributed by atoms with Crippen molar-refractivity contribution >= 4 is 24.7 Å². The lowest BCUT2D eigenvalue weighted by Crippen LogP contribution is -2.44. The second-order valence-corrected chi connectivity index (χ2v) is 13.9. The van der Waals surface area contributed by atoms with Crippen LogP contribution >= 0.6 is 20.7 Å². The monoisotopic (exact) mass is 507 g/mol. The number of likely N-dealkylation sites (tertiary alicyclic amines) is 1. The highest BCUT2D eigenvalue weighted by Gasteiger charge is 2.42. The third-order valence-corrected chi connectivity index (χ3v) is 12.1. The van der Waals surface area contributed by atoms with E-state index in [1.807, 2.05) is 0 Å². The molecule has 1 spiro atoms. The molecule has 2 heterocycles. The summed E-state index contributed by atoms with van der Waals surface area (Å²) in [5, 5.41) is 0. The van der Waals surface area contributed by atoms with E-state index in [0.717, 1.165) is 29.6 Å². The minimum Gasteiger partial charge on any atom is -0.375 e. The lowest BCUT2D eigenvalue weighted by molar-refractivity contribution is 0.0463. The number of alkyl halides is 1. The zero-order valence-electron chi connectivity index (χ0n) is 18.7. The highest BCUT2D eigenvalue weighted by molar-refractivity contribution is 14.2. The van der Waals surface area contributed by atoms with Gasteiger partial charge in [0.25, 0.3) is 0 Å². The molecule has 0 aromatic heterocycles. The van der Waals surface area contributed by atoms with Gasteiger partial charge in [0.2, 0.25) is 0 Å². The molecule has 0 N–H and O–H groups in total. The fourth-order valence-electron chi connectivity index (χ4n) is 7.73. The molecule has 2 saturated carbocycles. The van der Waals surface area contributed by atoms with Crippen LogP contribution in [0.15, 0.2) is 23.9 Å². The molecule has 0 amide bonds. The van der Waals surface area contributed by atoms with Crippen LogP contribution in [-0.2, 0) is 0 Å². The Morgan fingerprint density at radius 3 is 2.55 bits per heavy atom. The van der Waals surface area contributed by atoms with E-state index < -0.39 is 0 Å². The maximum Gasteiger partial charge on any atom is 0.0180 e. The Balaban J connectivity index is 1.15. The quantitative estimate of drug-likeness (QED) is 0.220. The number of fused-ring (bicyclic) bond motifs is 1. The van der Waals surface area contributed by atoms with E-state index in [0.29, 0.717) is 26.1 Å². The Hall–Kier alpha value is -0.120. The van der Waals surface area contributed by atoms with Crippen molar-refractivity contribution < 1.29 is 0 Å². The third kappa shape index (κ3) is 4.17. The molecule has 5 aliphatic rings. The zero-order valence-corrected chi connectivity index (χ0v) is 20.8. The fraction of sp³-hybridized carbons (Fsp3) is 0.815. The summed E-state index contributed by atoms with van der Waals surface area (Å²) in [6, 6.07) is 0. The van der Waals surface area contributed by atoms with Gasteiger partial charge in [-0.2, -0.15) is 0 Å². The summed E-state index contributed by atoms with van der Waals surface area (Å²) < 4.78 is 4.26. The summed E-state index contributed by atoms with van der Waals surface area (Å²) in [5.74, 6) is 4.54. The number of allylic oxidation sites excluding steroid dienone is 3. The molecule has 2 aliphatic heterocycles. The summed E-state index contributed by atoms with van der Waals surface area (Å²) in [6.07, 6.45) is 20.0. The maximum atomic E-state index is 4.70. The molecule has 3 aliphatic carbocycles. The molecule has 0 aromatic rings. The topological polar surface area (TPSA) is 3.24 Å². The Labute approximate surface area is 189 Å². The van der Waals surface area contributed by atoms with Crippen LogP contribution in [-0.4, -0.2) is 26.4 Å². The smallest absolute Gasteiger partial charge is 0.0180 e. The standard InChI is InChI=1S/C27H42IN/c1-20-6-7-24-4-3-5-25(26(20)24)21(2)29-18-14-27(15-19-29)12-8-22(9-13-27)23-10-16-28-17-11-23/h4,16,20,22-23,25-26H,2-3,5-15,17-19H2,1H3/t20-,23?,25?,26?/m1/s1. The van der Waals surface area contributed by atoms with Gasteiger partial charge in [-0.15, -0.1) is 20.7 Å². The predicted molar refractivity (Wildman–Crippen MR) is 135 cm³/mol. The van der Waals surface area contributed by atoms with Crippen LogP contribution < -0.4 is 0 Å². The van der Waals surface area contributed by atoms with Crippen molar-refractivity contribution in [1.29, 1.82) is 0 Å². The third-order valence-electron chi connectivity index (χ3n) is 9.75. The minimum absolute atomic E-state index is 0.479. The van der Waals surface area contributed by atoms with Crippen LogP contribution in [0.5, 0.6) is 0 Å². The van der Waals surface area contributed by atoms with Gasteiger partial charge < -0.3 is 4.90 Å². The van der Waals surface area contributed by atoms with Gasteiger partial charge >= 0.3 is 0 Å². The van der Waals surface area contributed by atoms with Crippen molar-refractivity contribution in [3.05, 3.63) is 23.9 Å². The van der Waals surface area contributed by atoms with Gasteiger partial charge in [-0.25, -0.2) is 0 Å². The number of hydrogen-bond donors (Lipinski definition) is 0. The molecule has 4 atom stereocenters. The first-order valence-corrected chi connectivity index (χ1v) is 15.4. The summed E-state index contributed by atoms with van der Waals surface area (Å²) in [5.41, 5.74) is 3.99. The minimum atomic E-state index is 0.479. The van der Waals surface area contributed by atoms with E-state index >= 15 is 0 Å². The summed E-state index contributed by atoms with van der Waals surface area (Å²) in [4.78, 5) is 2.73. The molecule has 2 heteroatoms. The van der Waals surface area contributed by atoms with E-state index in [1.165, 1.54) is 89.4 Å². The first-order valence-electron chi connectivity index (χ1n) is 12.7. The van der Waals surface area contributed by atoms with Gasteiger partial charge in [-0.05, 0) is 111 Å². The van der Waals surface area contributed by atoms with Gasteiger partial charge in [0.1, 0.15) is 0 Å². The molecule has 3 unspecified atom stereocenters. The van der Waals surface area contributed by atoms with Crippen molar-refractivity contribution in [2.45, 2.75) is 84.0 Å². The second kappa shape index (κ2) is 8.79. The molecule has 162 valence electrons. The molecule has 29 heavy (non-hydrogen) atoms. The van der Waals surface area contributed by atoms with Crippen molar-refractivity contribution in [3.8, 4) is 0 Å². The average Bonchev–Trinajstić information content (AvgIpc) is 3.16. The normalized spacial score (nSPS) is 37.7. The molecule has 0 bridgehead atoms. The second-order valence-electron chi connectivity index (χ2n) is 11.1. The summed E-state index contributed by atoms with van der Waals surface area (Å²) in [7, 11) is 0. The van der Waals surface area contributed by atoms with E-state index in [9.17, 15) is 0 Å². The fourth-order valence-corrected chi connectivity index (χ4v) is 10.3. The lowest BCUT2D eigenvalue weighted by Gasteiger charge is -2.49. The zero-order chi connectivity index (χ0) is 19.8. The van der Waals surface area contributed by atoms with Crippen molar-refractivity contribution in [2.24, 2.45) is 35.0 Å².